The van der Waals surface area contributed by atoms with Crippen molar-refractivity contribution in [2.75, 3.05) is 40.1 Å². The third-order valence-electron chi connectivity index (χ3n) is 3.43. The summed E-state index contributed by atoms with van der Waals surface area (Å²) in [6.07, 6.45) is 1.71. The molecule has 1 aliphatic rings. The fourth-order valence-electron chi connectivity index (χ4n) is 2.26. The van der Waals surface area contributed by atoms with Crippen LogP contribution in [0.5, 0.6) is 0 Å². The van der Waals surface area contributed by atoms with Gasteiger partial charge >= 0.3 is 5.97 Å². The molecule has 1 aliphatic heterocycles. The van der Waals surface area contributed by atoms with Gasteiger partial charge in [0, 0.05) is 26.7 Å². The van der Waals surface area contributed by atoms with E-state index in [1.165, 1.54) is 11.1 Å². The number of methoxy groups -OCH3 is 1. The maximum atomic E-state index is 12.0. The summed E-state index contributed by atoms with van der Waals surface area (Å²) >= 11 is 0. The Bertz CT molecular complexity index is 462. The number of esters is 1. The molecule has 2 rings (SSSR count). The van der Waals surface area contributed by atoms with Crippen molar-refractivity contribution in [2.45, 2.75) is 19.4 Å². The molecule has 21 heavy (non-hydrogen) atoms. The van der Waals surface area contributed by atoms with Crippen LogP contribution in [0.1, 0.15) is 27.9 Å². The van der Waals surface area contributed by atoms with Crippen molar-refractivity contribution in [1.82, 2.24) is 5.32 Å². The molecule has 1 N–H and O–H groups in total. The van der Waals surface area contributed by atoms with E-state index in [9.17, 15) is 4.79 Å². The van der Waals surface area contributed by atoms with Gasteiger partial charge in [-0.1, -0.05) is 6.07 Å². The summed E-state index contributed by atoms with van der Waals surface area (Å²) in [7, 11) is 1.64. The highest BCUT2D eigenvalue weighted by atomic mass is 16.5. The molecule has 0 unspecified atom stereocenters. The summed E-state index contributed by atoms with van der Waals surface area (Å²) in [5, 5.41) is 3.30. The van der Waals surface area contributed by atoms with Gasteiger partial charge in [-0.05, 0) is 36.2 Å². The standard InChI is InChI=1S/C16H23NO4/c1-19-9-10-20-7-2-8-21-16(18)14-4-3-13-5-6-17-12-15(13)11-14/h3-4,11,17H,2,5-10,12H2,1H3. The summed E-state index contributed by atoms with van der Waals surface area (Å²) in [6, 6.07) is 5.81. The van der Waals surface area contributed by atoms with Crippen LogP contribution in [-0.2, 0) is 27.2 Å². The number of ether oxygens (including phenoxy) is 3. The van der Waals surface area contributed by atoms with Gasteiger partial charge in [-0.15, -0.1) is 0 Å². The van der Waals surface area contributed by atoms with Gasteiger partial charge < -0.3 is 19.5 Å². The van der Waals surface area contributed by atoms with E-state index in [0.717, 1.165) is 19.5 Å². The zero-order chi connectivity index (χ0) is 14.9. The minimum Gasteiger partial charge on any atom is -0.462 e. The monoisotopic (exact) mass is 293 g/mol. The first-order valence-corrected chi connectivity index (χ1v) is 7.37. The van der Waals surface area contributed by atoms with Gasteiger partial charge in [-0.3, -0.25) is 0 Å². The highest BCUT2D eigenvalue weighted by Crippen LogP contribution is 2.16. The summed E-state index contributed by atoms with van der Waals surface area (Å²) in [5.41, 5.74) is 3.13. The van der Waals surface area contributed by atoms with Crippen LogP contribution < -0.4 is 5.32 Å². The van der Waals surface area contributed by atoms with Crippen LogP contribution in [-0.4, -0.2) is 46.1 Å². The first-order chi connectivity index (χ1) is 10.3. The molecule has 0 radical (unpaired) electrons. The second kappa shape index (κ2) is 8.77. The SMILES string of the molecule is COCCOCCCOC(=O)c1ccc2c(c1)CNCC2. The normalized spacial score (nSPS) is 13.8. The molecule has 116 valence electrons. The fourth-order valence-corrected chi connectivity index (χ4v) is 2.26. The Balaban J connectivity index is 1.71. The average Bonchev–Trinajstić information content (AvgIpc) is 2.53. The van der Waals surface area contributed by atoms with Crippen molar-refractivity contribution in [1.29, 1.82) is 0 Å². The number of nitrogens with one attached hydrogen (secondary N) is 1. The van der Waals surface area contributed by atoms with E-state index in [0.29, 0.717) is 38.4 Å². The Kier molecular flexibility index (Phi) is 6.66. The lowest BCUT2D eigenvalue weighted by Gasteiger charge is -2.17. The van der Waals surface area contributed by atoms with Crippen molar-refractivity contribution in [2.24, 2.45) is 0 Å². The predicted octanol–water partition coefficient (Wildman–Crippen LogP) is 1.54. The first kappa shape index (κ1) is 15.9. The van der Waals surface area contributed by atoms with E-state index in [1.54, 1.807) is 7.11 Å². The maximum absolute atomic E-state index is 12.0. The summed E-state index contributed by atoms with van der Waals surface area (Å²) < 4.78 is 15.4. The molecule has 0 aliphatic carbocycles. The minimum atomic E-state index is -0.264. The summed E-state index contributed by atoms with van der Waals surface area (Å²) in [4.78, 5) is 12.0. The van der Waals surface area contributed by atoms with E-state index in [4.69, 9.17) is 14.2 Å². The Morgan fingerprint density at radius 1 is 1.19 bits per heavy atom. The lowest BCUT2D eigenvalue weighted by molar-refractivity contribution is 0.0385. The Hall–Kier alpha value is -1.43. The van der Waals surface area contributed by atoms with Crippen LogP contribution in [0.2, 0.25) is 0 Å². The van der Waals surface area contributed by atoms with Gasteiger partial charge in [0.15, 0.2) is 0 Å². The van der Waals surface area contributed by atoms with Crippen molar-refractivity contribution in [3.8, 4) is 0 Å². The number of fused-ring (bicyclic) bond motifs is 1. The predicted molar refractivity (Wildman–Crippen MR) is 79.4 cm³/mol. The highest BCUT2D eigenvalue weighted by molar-refractivity contribution is 5.89. The second-order valence-electron chi connectivity index (χ2n) is 5.00. The Morgan fingerprint density at radius 3 is 2.95 bits per heavy atom. The Labute approximate surface area is 125 Å². The van der Waals surface area contributed by atoms with Gasteiger partial charge in [0.05, 0.1) is 25.4 Å². The zero-order valence-corrected chi connectivity index (χ0v) is 12.5. The van der Waals surface area contributed by atoms with Crippen LogP contribution in [0.4, 0.5) is 0 Å². The molecule has 0 amide bonds. The molecular weight excluding hydrogens is 270 g/mol. The second-order valence-corrected chi connectivity index (χ2v) is 5.00. The van der Waals surface area contributed by atoms with Crippen LogP contribution in [0.3, 0.4) is 0 Å². The molecule has 0 saturated carbocycles. The lowest BCUT2D eigenvalue weighted by atomic mass is 9.99. The number of carbonyl (C=O) groups is 1. The molecule has 0 bridgehead atoms. The molecular formula is C16H23NO4. The zero-order valence-electron chi connectivity index (χ0n) is 12.5. The van der Waals surface area contributed by atoms with E-state index < -0.39 is 0 Å². The van der Waals surface area contributed by atoms with Gasteiger partial charge in [-0.25, -0.2) is 4.79 Å². The van der Waals surface area contributed by atoms with Gasteiger partial charge in [0.1, 0.15) is 0 Å². The summed E-state index contributed by atoms with van der Waals surface area (Å²) in [5.74, 6) is -0.264. The smallest absolute Gasteiger partial charge is 0.338 e. The quantitative estimate of drug-likeness (QED) is 0.582. The topological polar surface area (TPSA) is 56.8 Å². The molecule has 0 saturated heterocycles. The molecule has 1 aromatic carbocycles. The number of carbonyl (C=O) groups excluding carboxylic acids is 1. The van der Waals surface area contributed by atoms with Crippen LogP contribution in [0, 0.1) is 0 Å². The molecule has 1 aromatic rings. The molecule has 0 spiro atoms. The van der Waals surface area contributed by atoms with Gasteiger partial charge in [-0.2, -0.15) is 0 Å². The van der Waals surface area contributed by atoms with Crippen molar-refractivity contribution in [3.63, 3.8) is 0 Å². The molecule has 0 atom stereocenters. The van der Waals surface area contributed by atoms with Crippen molar-refractivity contribution in [3.05, 3.63) is 34.9 Å². The maximum Gasteiger partial charge on any atom is 0.338 e. The van der Waals surface area contributed by atoms with Crippen molar-refractivity contribution < 1.29 is 19.0 Å². The number of benzene rings is 1. The lowest BCUT2D eigenvalue weighted by Crippen LogP contribution is -2.24. The minimum absolute atomic E-state index is 0.264. The van der Waals surface area contributed by atoms with E-state index in [1.807, 2.05) is 18.2 Å². The molecule has 5 nitrogen and oxygen atoms in total. The van der Waals surface area contributed by atoms with Crippen LogP contribution >= 0.6 is 0 Å². The van der Waals surface area contributed by atoms with Crippen molar-refractivity contribution >= 4 is 5.97 Å². The summed E-state index contributed by atoms with van der Waals surface area (Å²) in [6.45, 7) is 3.93. The molecule has 1 heterocycles. The molecule has 0 aromatic heterocycles. The van der Waals surface area contributed by atoms with Crippen LogP contribution in [0.15, 0.2) is 18.2 Å². The molecule has 0 fully saturated rings. The van der Waals surface area contributed by atoms with Crippen LogP contribution in [0.25, 0.3) is 0 Å². The third-order valence-corrected chi connectivity index (χ3v) is 3.43. The molecule has 5 heteroatoms. The number of hydrogen-bond donors (Lipinski definition) is 1. The first-order valence-electron chi connectivity index (χ1n) is 7.37. The highest BCUT2D eigenvalue weighted by Gasteiger charge is 2.13. The number of rotatable bonds is 8. The van der Waals surface area contributed by atoms with E-state index >= 15 is 0 Å². The average molecular weight is 293 g/mol. The van der Waals surface area contributed by atoms with E-state index in [2.05, 4.69) is 5.32 Å². The Morgan fingerprint density at radius 2 is 2.10 bits per heavy atom. The van der Waals surface area contributed by atoms with E-state index in [-0.39, 0.29) is 5.97 Å². The third kappa shape index (κ3) is 5.12. The van der Waals surface area contributed by atoms with Gasteiger partial charge in [0.2, 0.25) is 0 Å². The fraction of sp³-hybridized carbons (Fsp3) is 0.562. The van der Waals surface area contributed by atoms with Gasteiger partial charge in [0.25, 0.3) is 0 Å². The largest absolute Gasteiger partial charge is 0.462 e. The number of hydrogen-bond acceptors (Lipinski definition) is 5.